The van der Waals surface area contributed by atoms with E-state index in [1.54, 1.807) is 29.0 Å². The molecule has 3 aromatic heterocycles. The van der Waals surface area contributed by atoms with Crippen LogP contribution in [0.15, 0.2) is 39.5 Å². The van der Waals surface area contributed by atoms with Crippen molar-refractivity contribution < 1.29 is 12.9 Å². The van der Waals surface area contributed by atoms with Gasteiger partial charge in [-0.2, -0.15) is 9.29 Å². The molecule has 1 aliphatic rings. The molecule has 27 heavy (non-hydrogen) atoms. The molecule has 4 rings (SSSR count). The highest BCUT2D eigenvalue weighted by molar-refractivity contribution is 7.91. The molecule has 0 spiro atoms. The Labute approximate surface area is 161 Å². The topological polar surface area (TPSA) is 102 Å². The second kappa shape index (κ2) is 7.45. The zero-order valence-electron chi connectivity index (χ0n) is 14.8. The van der Waals surface area contributed by atoms with Crippen LogP contribution in [0.5, 0.6) is 0 Å². The van der Waals surface area contributed by atoms with Crippen LogP contribution in [0.2, 0.25) is 0 Å². The summed E-state index contributed by atoms with van der Waals surface area (Å²) in [7, 11) is -3.44. The minimum atomic E-state index is -3.44. The molecule has 0 bridgehead atoms. The average molecular weight is 406 g/mol. The number of hydrogen-bond acceptors (Lipinski definition) is 8. The van der Waals surface area contributed by atoms with Crippen molar-refractivity contribution in [2.45, 2.75) is 30.4 Å². The molecule has 0 radical (unpaired) electrons. The van der Waals surface area contributed by atoms with E-state index in [0.29, 0.717) is 41.1 Å². The Morgan fingerprint density at radius 2 is 2.22 bits per heavy atom. The van der Waals surface area contributed by atoms with Crippen LogP contribution in [-0.2, 0) is 16.4 Å². The van der Waals surface area contributed by atoms with E-state index in [-0.39, 0.29) is 5.92 Å². The minimum Gasteiger partial charge on any atom is -0.339 e. The lowest BCUT2D eigenvalue weighted by molar-refractivity contribution is 0.247. The predicted octanol–water partition coefficient (Wildman–Crippen LogP) is 2.54. The standard InChI is InChI=1S/C17H19N5O3S2/c1-12-4-5-16(26-12)27(23,24)22-8-2-3-13(11-22)9-15-20-17(21-25-15)14-10-18-6-7-19-14/h4-7,10,13H,2-3,8-9,11H2,1H3. The van der Waals surface area contributed by atoms with Gasteiger partial charge in [0.2, 0.25) is 11.7 Å². The average Bonchev–Trinajstić information content (AvgIpc) is 3.32. The Kier molecular flexibility index (Phi) is 5.02. The molecule has 1 aliphatic heterocycles. The van der Waals surface area contributed by atoms with Crippen LogP contribution in [0.4, 0.5) is 0 Å². The molecular formula is C17H19N5O3S2. The molecular weight excluding hydrogens is 386 g/mol. The van der Waals surface area contributed by atoms with E-state index in [1.165, 1.54) is 11.3 Å². The Bertz CT molecular complexity index is 1020. The Balaban J connectivity index is 1.46. The summed E-state index contributed by atoms with van der Waals surface area (Å²) in [6.07, 6.45) is 7.02. The van der Waals surface area contributed by atoms with Gasteiger partial charge in [-0.3, -0.25) is 4.98 Å². The van der Waals surface area contributed by atoms with Gasteiger partial charge in [0.05, 0.1) is 6.20 Å². The smallest absolute Gasteiger partial charge is 0.252 e. The largest absolute Gasteiger partial charge is 0.339 e. The van der Waals surface area contributed by atoms with E-state index in [4.69, 9.17) is 4.52 Å². The van der Waals surface area contributed by atoms with Crippen molar-refractivity contribution in [1.82, 2.24) is 24.4 Å². The van der Waals surface area contributed by atoms with Gasteiger partial charge in [-0.1, -0.05) is 5.16 Å². The summed E-state index contributed by atoms with van der Waals surface area (Å²) in [4.78, 5) is 13.5. The summed E-state index contributed by atoms with van der Waals surface area (Å²) in [5.41, 5.74) is 0.549. The van der Waals surface area contributed by atoms with Crippen molar-refractivity contribution in [1.29, 1.82) is 0 Å². The molecule has 0 aliphatic carbocycles. The zero-order chi connectivity index (χ0) is 18.9. The number of aryl methyl sites for hydroxylation is 1. The second-order valence-corrected chi connectivity index (χ2v) is 10.00. The number of hydrogen-bond donors (Lipinski definition) is 0. The lowest BCUT2D eigenvalue weighted by Crippen LogP contribution is -2.40. The van der Waals surface area contributed by atoms with Crippen LogP contribution in [-0.4, -0.2) is 45.9 Å². The van der Waals surface area contributed by atoms with Gasteiger partial charge >= 0.3 is 0 Å². The first-order valence-corrected chi connectivity index (χ1v) is 10.9. The van der Waals surface area contributed by atoms with Crippen molar-refractivity contribution in [2.75, 3.05) is 13.1 Å². The SMILES string of the molecule is Cc1ccc(S(=O)(=O)N2CCCC(Cc3nc(-c4cnccn4)no3)C2)s1. The first-order valence-electron chi connectivity index (χ1n) is 8.68. The van der Waals surface area contributed by atoms with Crippen molar-refractivity contribution in [3.05, 3.63) is 41.5 Å². The molecule has 142 valence electrons. The summed E-state index contributed by atoms with van der Waals surface area (Å²) in [6.45, 7) is 2.92. The maximum atomic E-state index is 12.9. The van der Waals surface area contributed by atoms with Gasteiger partial charge in [0.15, 0.2) is 0 Å². The van der Waals surface area contributed by atoms with Gasteiger partial charge < -0.3 is 4.52 Å². The maximum Gasteiger partial charge on any atom is 0.252 e. The van der Waals surface area contributed by atoms with Crippen LogP contribution >= 0.6 is 11.3 Å². The van der Waals surface area contributed by atoms with Crippen LogP contribution < -0.4 is 0 Å². The fraction of sp³-hybridized carbons (Fsp3) is 0.412. The number of nitrogens with zero attached hydrogens (tertiary/aromatic N) is 5. The molecule has 0 N–H and O–H groups in total. The van der Waals surface area contributed by atoms with Crippen molar-refractivity contribution >= 4 is 21.4 Å². The number of sulfonamides is 1. The normalized spacial score (nSPS) is 18.6. The Morgan fingerprint density at radius 3 is 2.96 bits per heavy atom. The fourth-order valence-electron chi connectivity index (χ4n) is 3.19. The van der Waals surface area contributed by atoms with Crippen LogP contribution in [0.1, 0.15) is 23.6 Å². The lowest BCUT2D eigenvalue weighted by atomic mass is 9.96. The quantitative estimate of drug-likeness (QED) is 0.643. The highest BCUT2D eigenvalue weighted by Crippen LogP contribution is 2.29. The van der Waals surface area contributed by atoms with E-state index in [0.717, 1.165) is 17.7 Å². The molecule has 10 heteroatoms. The molecule has 8 nitrogen and oxygen atoms in total. The Hall–Kier alpha value is -2.17. The first-order chi connectivity index (χ1) is 13.0. The van der Waals surface area contributed by atoms with Crippen molar-refractivity contribution in [3.63, 3.8) is 0 Å². The molecule has 0 saturated carbocycles. The fourth-order valence-corrected chi connectivity index (χ4v) is 6.19. The highest BCUT2D eigenvalue weighted by atomic mass is 32.2. The lowest BCUT2D eigenvalue weighted by Gasteiger charge is -2.30. The minimum absolute atomic E-state index is 0.143. The van der Waals surface area contributed by atoms with Crippen LogP contribution in [0.25, 0.3) is 11.5 Å². The second-order valence-electron chi connectivity index (χ2n) is 6.54. The molecule has 1 unspecified atom stereocenters. The number of thiophene rings is 1. The summed E-state index contributed by atoms with van der Waals surface area (Å²) in [5.74, 6) is 1.03. The van der Waals surface area contributed by atoms with E-state index < -0.39 is 10.0 Å². The van der Waals surface area contributed by atoms with Gasteiger partial charge in [-0.05, 0) is 37.8 Å². The van der Waals surface area contributed by atoms with Crippen LogP contribution in [0.3, 0.4) is 0 Å². The summed E-state index contributed by atoms with van der Waals surface area (Å²) >= 11 is 1.31. The summed E-state index contributed by atoms with van der Waals surface area (Å²) in [6, 6.07) is 3.52. The zero-order valence-corrected chi connectivity index (χ0v) is 16.4. The van der Waals surface area contributed by atoms with Gasteiger partial charge in [0.1, 0.15) is 9.90 Å². The van der Waals surface area contributed by atoms with E-state index in [2.05, 4.69) is 20.1 Å². The number of aromatic nitrogens is 4. The molecule has 4 heterocycles. The third kappa shape index (κ3) is 3.92. The molecule has 1 atom stereocenters. The van der Waals surface area contributed by atoms with Crippen molar-refractivity contribution in [2.24, 2.45) is 5.92 Å². The molecule has 1 saturated heterocycles. The summed E-state index contributed by atoms with van der Waals surface area (Å²) in [5, 5.41) is 3.95. The molecule has 0 amide bonds. The molecule has 1 fully saturated rings. The van der Waals surface area contributed by atoms with Crippen LogP contribution in [0, 0.1) is 12.8 Å². The van der Waals surface area contributed by atoms with Gasteiger partial charge in [-0.25, -0.2) is 13.4 Å². The maximum absolute atomic E-state index is 12.9. The summed E-state index contributed by atoms with van der Waals surface area (Å²) < 4.78 is 33.0. The molecule has 3 aromatic rings. The number of rotatable bonds is 5. The number of piperidine rings is 1. The third-order valence-corrected chi connectivity index (χ3v) is 7.85. The van der Waals surface area contributed by atoms with E-state index in [9.17, 15) is 8.42 Å². The Morgan fingerprint density at radius 1 is 1.33 bits per heavy atom. The predicted molar refractivity (Wildman–Crippen MR) is 99.6 cm³/mol. The van der Waals surface area contributed by atoms with Gasteiger partial charge in [0.25, 0.3) is 10.0 Å². The van der Waals surface area contributed by atoms with E-state index in [1.807, 2.05) is 13.0 Å². The van der Waals surface area contributed by atoms with Crippen molar-refractivity contribution in [3.8, 4) is 11.5 Å². The third-order valence-electron chi connectivity index (χ3n) is 4.52. The van der Waals surface area contributed by atoms with Gasteiger partial charge in [-0.15, -0.1) is 11.3 Å². The van der Waals surface area contributed by atoms with Gasteiger partial charge in [0, 0.05) is 36.8 Å². The molecule has 0 aromatic carbocycles. The highest BCUT2D eigenvalue weighted by Gasteiger charge is 2.32. The first kappa shape index (κ1) is 18.2. The monoisotopic (exact) mass is 405 g/mol. The van der Waals surface area contributed by atoms with E-state index >= 15 is 0 Å².